The van der Waals surface area contributed by atoms with Crippen LogP contribution in [0.4, 0.5) is 4.79 Å². The molecule has 3 aliphatic rings. The lowest BCUT2D eigenvalue weighted by molar-refractivity contribution is -0.197. The minimum absolute atomic E-state index is 0.0362. The summed E-state index contributed by atoms with van der Waals surface area (Å²) in [5, 5.41) is 5.84. The largest absolute Gasteiger partial charge is 0.449 e. The first kappa shape index (κ1) is 29.4. The first-order valence-electron chi connectivity index (χ1n) is 13.3. The Balaban J connectivity index is 1.06. The van der Waals surface area contributed by atoms with Crippen molar-refractivity contribution in [3.63, 3.8) is 0 Å². The lowest BCUT2D eigenvalue weighted by Gasteiger charge is -2.12. The molecule has 1 saturated carbocycles. The molecule has 1 saturated heterocycles. The van der Waals surface area contributed by atoms with Crippen LogP contribution in [0.2, 0.25) is 0 Å². The molecule has 12 nitrogen and oxygen atoms in total. The number of ether oxygens (including phenoxy) is 3. The van der Waals surface area contributed by atoms with Gasteiger partial charge in [-0.15, -0.1) is 16.9 Å². The van der Waals surface area contributed by atoms with Gasteiger partial charge in [0.1, 0.15) is 0 Å². The Morgan fingerprint density at radius 2 is 1.45 bits per heavy atom. The number of hydrogen-bond acceptors (Lipinski definition) is 9. The zero-order valence-corrected chi connectivity index (χ0v) is 21.7. The maximum atomic E-state index is 11.8. The minimum atomic E-state index is -0.728. The number of nitrogens with one attached hydrogen (secondary N) is 2. The van der Waals surface area contributed by atoms with E-state index in [0.29, 0.717) is 68.9 Å². The normalized spacial score (nSPS) is 21.9. The number of hydroxylamine groups is 2. The molecule has 2 aliphatic carbocycles. The molecule has 0 aromatic heterocycles. The summed E-state index contributed by atoms with van der Waals surface area (Å²) in [6.07, 6.45) is 3.98. The number of imide groups is 1. The number of hydrogen-bond donors (Lipinski definition) is 2. The van der Waals surface area contributed by atoms with Crippen LogP contribution < -0.4 is 10.6 Å². The summed E-state index contributed by atoms with van der Waals surface area (Å²) in [5.74, 6) is 6.06. The van der Waals surface area contributed by atoms with Crippen LogP contribution in [-0.4, -0.2) is 81.0 Å². The fourth-order valence-electron chi connectivity index (χ4n) is 4.60. The van der Waals surface area contributed by atoms with Gasteiger partial charge in [0, 0.05) is 51.6 Å². The Morgan fingerprint density at radius 1 is 0.842 bits per heavy atom. The second-order valence-electron chi connectivity index (χ2n) is 9.42. The molecule has 210 valence electrons. The van der Waals surface area contributed by atoms with Crippen LogP contribution in [0.25, 0.3) is 0 Å². The van der Waals surface area contributed by atoms with E-state index < -0.39 is 23.9 Å². The molecule has 3 atom stereocenters. The average Bonchev–Trinajstić information content (AvgIpc) is 3.42. The monoisotopic (exact) mass is 535 g/mol. The van der Waals surface area contributed by atoms with Crippen LogP contribution in [0, 0.1) is 29.6 Å². The zero-order valence-electron chi connectivity index (χ0n) is 21.7. The number of carbonyl (C=O) groups excluding carboxylic acids is 5. The molecular weight excluding hydrogens is 498 g/mol. The predicted octanol–water partition coefficient (Wildman–Crippen LogP) is 1.08. The van der Waals surface area contributed by atoms with Gasteiger partial charge in [0.25, 0.3) is 11.8 Å². The predicted molar refractivity (Wildman–Crippen MR) is 132 cm³/mol. The summed E-state index contributed by atoms with van der Waals surface area (Å²) in [5.41, 5.74) is 0. The minimum Gasteiger partial charge on any atom is -0.449 e. The first-order valence-corrected chi connectivity index (χ1v) is 13.3. The van der Waals surface area contributed by atoms with Gasteiger partial charge in [-0.25, -0.2) is 9.59 Å². The highest BCUT2D eigenvalue weighted by atomic mass is 16.7. The average molecular weight is 536 g/mol. The van der Waals surface area contributed by atoms with Crippen LogP contribution in [-0.2, 0) is 38.2 Å². The molecule has 0 aromatic rings. The maximum Gasteiger partial charge on any atom is 0.407 e. The van der Waals surface area contributed by atoms with Gasteiger partial charge in [-0.1, -0.05) is 0 Å². The Hall–Kier alpha value is -3.17. The third kappa shape index (κ3) is 10.3. The summed E-state index contributed by atoms with van der Waals surface area (Å²) in [7, 11) is 0. The standard InChI is InChI=1S/C26H37N3O9/c30-22(8-5-9-25(33)38-29-23(31)10-11-24(29)32)27-12-14-35-16-17-36-15-13-28-26(34)37-18-21-19-6-3-1-2-4-7-20(19)21/h19-21H,3-18H2,(H,27,30)(H,28,34)/t19-,20+,21?. The van der Waals surface area contributed by atoms with Gasteiger partial charge < -0.3 is 29.7 Å². The molecule has 2 fully saturated rings. The molecular formula is C26H37N3O9. The van der Waals surface area contributed by atoms with Crippen molar-refractivity contribution in [2.24, 2.45) is 17.8 Å². The summed E-state index contributed by atoms with van der Waals surface area (Å²) >= 11 is 0. The van der Waals surface area contributed by atoms with Crippen LogP contribution in [0.3, 0.4) is 0 Å². The van der Waals surface area contributed by atoms with Gasteiger partial charge in [-0.2, -0.15) is 0 Å². The van der Waals surface area contributed by atoms with E-state index in [2.05, 4.69) is 22.5 Å². The van der Waals surface area contributed by atoms with Crippen LogP contribution >= 0.6 is 0 Å². The lowest BCUT2D eigenvalue weighted by atomic mass is 10.1. The molecule has 3 rings (SSSR count). The number of rotatable bonds is 16. The summed E-state index contributed by atoms with van der Waals surface area (Å²) in [4.78, 5) is 62.9. The molecule has 0 bridgehead atoms. The SMILES string of the molecule is O=C(CCCC(=O)ON1C(=O)CCC1=O)NCCOCCOCCNC(=O)OCC1[C@H]2CCC#CCC[C@@H]12. The van der Waals surface area contributed by atoms with Gasteiger partial charge in [0.15, 0.2) is 0 Å². The first-order chi connectivity index (χ1) is 18.5. The second kappa shape index (κ2) is 15.9. The highest BCUT2D eigenvalue weighted by Gasteiger charge is 2.49. The Labute approximate surface area is 222 Å². The smallest absolute Gasteiger partial charge is 0.407 e. The Kier molecular flexibility index (Phi) is 12.3. The van der Waals surface area contributed by atoms with Crippen LogP contribution in [0.1, 0.15) is 57.8 Å². The van der Waals surface area contributed by atoms with E-state index in [1.807, 2.05) is 0 Å². The topological polar surface area (TPSA) is 150 Å². The molecule has 0 spiro atoms. The third-order valence-corrected chi connectivity index (χ3v) is 6.69. The summed E-state index contributed by atoms with van der Waals surface area (Å²) < 4.78 is 16.1. The van der Waals surface area contributed by atoms with Crippen LogP contribution in [0.5, 0.6) is 0 Å². The number of carbonyl (C=O) groups is 5. The summed E-state index contributed by atoms with van der Waals surface area (Å²) in [6, 6.07) is 0. The zero-order chi connectivity index (χ0) is 27.2. The van der Waals surface area contributed by atoms with Gasteiger partial charge in [-0.3, -0.25) is 14.4 Å². The quantitative estimate of drug-likeness (QED) is 0.168. The molecule has 0 aromatic carbocycles. The fraction of sp³-hybridized carbons (Fsp3) is 0.731. The lowest BCUT2D eigenvalue weighted by Crippen LogP contribution is -2.32. The Morgan fingerprint density at radius 3 is 2.08 bits per heavy atom. The van der Waals surface area contributed by atoms with Crippen molar-refractivity contribution >= 4 is 29.8 Å². The molecule has 1 heterocycles. The molecule has 2 N–H and O–H groups in total. The Bertz CT molecular complexity index is 879. The van der Waals surface area contributed by atoms with Crippen molar-refractivity contribution in [1.82, 2.24) is 15.7 Å². The van der Waals surface area contributed by atoms with E-state index in [-0.39, 0.29) is 38.0 Å². The van der Waals surface area contributed by atoms with Crippen molar-refractivity contribution in [2.75, 3.05) is 46.1 Å². The van der Waals surface area contributed by atoms with E-state index >= 15 is 0 Å². The van der Waals surface area contributed by atoms with Gasteiger partial charge in [0.2, 0.25) is 5.91 Å². The number of nitrogens with zero attached hydrogens (tertiary/aromatic N) is 1. The summed E-state index contributed by atoms with van der Waals surface area (Å²) in [6.45, 7) is 2.44. The molecule has 38 heavy (non-hydrogen) atoms. The number of alkyl carbamates (subject to hydrolysis) is 1. The highest BCUT2D eigenvalue weighted by molar-refractivity contribution is 6.01. The van der Waals surface area contributed by atoms with E-state index in [1.54, 1.807) is 0 Å². The molecule has 4 amide bonds. The van der Waals surface area contributed by atoms with E-state index in [4.69, 9.17) is 19.0 Å². The molecule has 1 unspecified atom stereocenters. The maximum absolute atomic E-state index is 11.8. The van der Waals surface area contributed by atoms with Crippen molar-refractivity contribution < 1.29 is 43.0 Å². The highest BCUT2D eigenvalue weighted by Crippen LogP contribution is 2.52. The molecule has 1 aliphatic heterocycles. The van der Waals surface area contributed by atoms with Gasteiger partial charge >= 0.3 is 12.1 Å². The number of fused-ring (bicyclic) bond motifs is 1. The molecule has 0 radical (unpaired) electrons. The van der Waals surface area contributed by atoms with Crippen molar-refractivity contribution in [3.05, 3.63) is 0 Å². The van der Waals surface area contributed by atoms with Crippen LogP contribution in [0.15, 0.2) is 0 Å². The van der Waals surface area contributed by atoms with Crippen molar-refractivity contribution in [1.29, 1.82) is 0 Å². The van der Waals surface area contributed by atoms with Gasteiger partial charge in [-0.05, 0) is 37.0 Å². The number of amides is 4. The van der Waals surface area contributed by atoms with E-state index in [1.165, 1.54) is 0 Å². The van der Waals surface area contributed by atoms with Crippen molar-refractivity contribution in [3.8, 4) is 11.8 Å². The fourth-order valence-corrected chi connectivity index (χ4v) is 4.60. The second-order valence-corrected chi connectivity index (χ2v) is 9.42. The third-order valence-electron chi connectivity index (χ3n) is 6.69. The van der Waals surface area contributed by atoms with E-state index in [0.717, 1.165) is 25.7 Å². The van der Waals surface area contributed by atoms with Crippen molar-refractivity contribution in [2.45, 2.75) is 57.8 Å². The van der Waals surface area contributed by atoms with Gasteiger partial charge in [0.05, 0.1) is 33.0 Å². The van der Waals surface area contributed by atoms with E-state index in [9.17, 15) is 24.0 Å². The molecule has 12 heteroatoms.